The van der Waals surface area contributed by atoms with Crippen molar-refractivity contribution in [2.45, 2.75) is 13.3 Å². The van der Waals surface area contributed by atoms with Crippen molar-refractivity contribution in [3.05, 3.63) is 83.7 Å². The normalized spacial score (nSPS) is 15.0. The van der Waals surface area contributed by atoms with Crippen molar-refractivity contribution in [2.24, 2.45) is 5.16 Å². The van der Waals surface area contributed by atoms with Crippen LogP contribution < -0.4 is 9.64 Å². The van der Waals surface area contributed by atoms with Gasteiger partial charge in [-0.25, -0.2) is 4.39 Å². The largest absolute Gasteiger partial charge is 0.495 e. The van der Waals surface area contributed by atoms with Crippen molar-refractivity contribution in [3.63, 3.8) is 0 Å². The molecule has 1 aliphatic rings. The lowest BCUT2D eigenvalue weighted by Gasteiger charge is -2.36. The molecule has 4 rings (SSSR count). The second-order valence-corrected chi connectivity index (χ2v) is 8.21. The molecule has 1 saturated heterocycles. The molecule has 0 aliphatic carbocycles. The van der Waals surface area contributed by atoms with Gasteiger partial charge < -0.3 is 19.7 Å². The Morgan fingerprint density at radius 2 is 1.70 bits per heavy atom. The molecule has 33 heavy (non-hydrogen) atoms. The average molecular weight is 448 g/mol. The maximum Gasteiger partial charge on any atom is 0.136 e. The molecule has 1 N–H and O–H groups in total. The second-order valence-electron chi connectivity index (χ2n) is 8.21. The quantitative estimate of drug-likeness (QED) is 0.312. The first-order valence-electron chi connectivity index (χ1n) is 11.3. The van der Waals surface area contributed by atoms with Crippen molar-refractivity contribution >= 4 is 11.4 Å². The van der Waals surface area contributed by atoms with E-state index in [-0.39, 0.29) is 5.82 Å². The van der Waals surface area contributed by atoms with Gasteiger partial charge in [0.05, 0.1) is 12.8 Å². The molecule has 1 fully saturated rings. The van der Waals surface area contributed by atoms with E-state index >= 15 is 0 Å². The Labute approximate surface area is 194 Å². The molecule has 1 heterocycles. The number of nitrogens with zero attached hydrogens (tertiary/aromatic N) is 3. The summed E-state index contributed by atoms with van der Waals surface area (Å²) >= 11 is 0. The lowest BCUT2D eigenvalue weighted by atomic mass is 9.94. The maximum absolute atomic E-state index is 13.4. The molecule has 0 radical (unpaired) electrons. The number of piperazine rings is 1. The first kappa shape index (κ1) is 22.8. The number of oxime groups is 1. The molecule has 0 unspecified atom stereocenters. The van der Waals surface area contributed by atoms with Gasteiger partial charge in [-0.2, -0.15) is 0 Å². The highest BCUT2D eigenvalue weighted by atomic mass is 19.1. The Bertz CT molecular complexity index is 1090. The van der Waals surface area contributed by atoms with Crippen LogP contribution in [0.2, 0.25) is 0 Å². The van der Waals surface area contributed by atoms with Gasteiger partial charge in [0, 0.05) is 49.4 Å². The summed E-state index contributed by atoms with van der Waals surface area (Å²) in [6, 6.07) is 20.5. The van der Waals surface area contributed by atoms with Crippen LogP contribution >= 0.6 is 0 Å². The molecule has 3 aromatic carbocycles. The molecule has 6 heteroatoms. The molecule has 1 aliphatic heterocycles. The van der Waals surface area contributed by atoms with Gasteiger partial charge in [-0.15, -0.1) is 0 Å². The predicted octanol–water partition coefficient (Wildman–Crippen LogP) is 5.06. The number of hydrogen-bond donors (Lipinski definition) is 1. The fraction of sp³-hybridized carbons (Fsp3) is 0.296. The maximum atomic E-state index is 13.4. The zero-order chi connectivity index (χ0) is 23.2. The predicted molar refractivity (Wildman–Crippen MR) is 131 cm³/mol. The molecule has 0 atom stereocenters. The van der Waals surface area contributed by atoms with E-state index in [1.165, 1.54) is 12.1 Å². The summed E-state index contributed by atoms with van der Waals surface area (Å²) in [4.78, 5) is 4.81. The Morgan fingerprint density at radius 3 is 2.30 bits per heavy atom. The number of rotatable bonds is 7. The van der Waals surface area contributed by atoms with Gasteiger partial charge in [0.25, 0.3) is 0 Å². The van der Waals surface area contributed by atoms with Gasteiger partial charge >= 0.3 is 0 Å². The minimum absolute atomic E-state index is 0.293. The fourth-order valence-electron chi connectivity index (χ4n) is 4.36. The topological polar surface area (TPSA) is 48.3 Å². The minimum atomic E-state index is -0.293. The van der Waals surface area contributed by atoms with E-state index in [9.17, 15) is 9.60 Å². The van der Waals surface area contributed by atoms with E-state index in [1.807, 2.05) is 24.3 Å². The van der Waals surface area contributed by atoms with Crippen molar-refractivity contribution in [2.75, 3.05) is 44.7 Å². The smallest absolute Gasteiger partial charge is 0.136 e. The number of likely N-dealkylation sites (N-methyl/N-ethyl adjacent to an activating group) is 1. The SMILES string of the molecule is CCN1CCN(c2cc(/C(Cc3ccc(F)cc3)=N/O)c(OC)c(-c3ccccc3)c2)CC1. The van der Waals surface area contributed by atoms with Crippen LogP contribution in [0.15, 0.2) is 71.9 Å². The molecule has 0 saturated carbocycles. The molecule has 5 nitrogen and oxygen atoms in total. The lowest BCUT2D eigenvalue weighted by molar-refractivity contribution is 0.271. The summed E-state index contributed by atoms with van der Waals surface area (Å²) in [6.45, 7) is 7.11. The van der Waals surface area contributed by atoms with Crippen LogP contribution in [0.5, 0.6) is 5.75 Å². The highest BCUT2D eigenvalue weighted by Crippen LogP contribution is 2.38. The van der Waals surface area contributed by atoms with Crippen LogP contribution in [0.3, 0.4) is 0 Å². The summed E-state index contributed by atoms with van der Waals surface area (Å²) in [5.41, 5.74) is 5.12. The van der Waals surface area contributed by atoms with Crippen molar-refractivity contribution < 1.29 is 14.3 Å². The van der Waals surface area contributed by atoms with Crippen LogP contribution in [0.25, 0.3) is 11.1 Å². The molecule has 3 aromatic rings. The third-order valence-corrected chi connectivity index (χ3v) is 6.26. The van der Waals surface area contributed by atoms with E-state index in [0.29, 0.717) is 17.9 Å². The summed E-state index contributed by atoms with van der Waals surface area (Å²) in [5, 5.41) is 13.6. The van der Waals surface area contributed by atoms with E-state index in [1.54, 1.807) is 19.2 Å². The number of methoxy groups -OCH3 is 1. The summed E-state index contributed by atoms with van der Waals surface area (Å²) in [6.07, 6.45) is 0.356. The van der Waals surface area contributed by atoms with Crippen LogP contribution in [-0.2, 0) is 6.42 Å². The number of anilines is 1. The van der Waals surface area contributed by atoms with Gasteiger partial charge in [0.2, 0.25) is 0 Å². The summed E-state index contributed by atoms with van der Waals surface area (Å²) in [5.74, 6) is 0.366. The minimum Gasteiger partial charge on any atom is -0.495 e. The lowest BCUT2D eigenvalue weighted by Crippen LogP contribution is -2.46. The number of hydrogen-bond acceptors (Lipinski definition) is 5. The van der Waals surface area contributed by atoms with Gasteiger partial charge in [0.15, 0.2) is 0 Å². The van der Waals surface area contributed by atoms with Crippen molar-refractivity contribution in [3.8, 4) is 16.9 Å². The average Bonchev–Trinajstić information content (AvgIpc) is 2.88. The fourth-order valence-corrected chi connectivity index (χ4v) is 4.36. The first-order chi connectivity index (χ1) is 16.1. The Balaban J connectivity index is 1.79. The van der Waals surface area contributed by atoms with Crippen LogP contribution in [0, 0.1) is 5.82 Å². The molecule has 172 valence electrons. The monoisotopic (exact) mass is 447 g/mol. The van der Waals surface area contributed by atoms with E-state index in [0.717, 1.165) is 60.7 Å². The van der Waals surface area contributed by atoms with E-state index in [2.05, 4.69) is 40.1 Å². The number of benzene rings is 3. The third kappa shape index (κ3) is 5.17. The number of halogens is 1. The molecule has 0 spiro atoms. The highest BCUT2D eigenvalue weighted by molar-refractivity contribution is 6.06. The van der Waals surface area contributed by atoms with E-state index < -0.39 is 0 Å². The highest BCUT2D eigenvalue weighted by Gasteiger charge is 2.22. The van der Waals surface area contributed by atoms with Gasteiger partial charge in [-0.1, -0.05) is 54.5 Å². The third-order valence-electron chi connectivity index (χ3n) is 6.26. The Hall–Kier alpha value is -3.38. The summed E-state index contributed by atoms with van der Waals surface area (Å²) < 4.78 is 19.3. The van der Waals surface area contributed by atoms with Crippen LogP contribution in [0.4, 0.5) is 10.1 Å². The molecule has 0 aromatic heterocycles. The van der Waals surface area contributed by atoms with Crippen LogP contribution in [0.1, 0.15) is 18.1 Å². The van der Waals surface area contributed by atoms with Gasteiger partial charge in [-0.05, 0) is 41.9 Å². The first-order valence-corrected chi connectivity index (χ1v) is 11.3. The molecule has 0 amide bonds. The standard InChI is InChI=1S/C27H30FN3O2/c1-3-30-13-15-31(16-14-30)23-18-24(21-7-5-4-6-8-21)27(33-2)25(19-23)26(29-32)17-20-9-11-22(28)12-10-20/h4-12,18-19,32H,3,13-17H2,1-2H3/b29-26+. The van der Waals surface area contributed by atoms with E-state index in [4.69, 9.17) is 4.74 Å². The zero-order valence-electron chi connectivity index (χ0n) is 19.2. The Kier molecular flexibility index (Phi) is 7.25. The zero-order valence-corrected chi connectivity index (χ0v) is 19.2. The van der Waals surface area contributed by atoms with Gasteiger partial charge in [0.1, 0.15) is 11.6 Å². The molecule has 0 bridgehead atoms. The Morgan fingerprint density at radius 1 is 1.00 bits per heavy atom. The van der Waals surface area contributed by atoms with Crippen LogP contribution in [-0.4, -0.2) is 55.7 Å². The molecular weight excluding hydrogens is 417 g/mol. The summed E-state index contributed by atoms with van der Waals surface area (Å²) in [7, 11) is 1.64. The van der Waals surface area contributed by atoms with Crippen molar-refractivity contribution in [1.82, 2.24) is 4.90 Å². The molecular formula is C27H30FN3O2. The van der Waals surface area contributed by atoms with Gasteiger partial charge in [-0.3, -0.25) is 0 Å². The van der Waals surface area contributed by atoms with Crippen molar-refractivity contribution in [1.29, 1.82) is 0 Å². The second kappa shape index (κ2) is 10.5. The number of ether oxygens (including phenoxy) is 1.